The Labute approximate surface area is 179 Å². The number of hydrogen-bond acceptors (Lipinski definition) is 3. The molecule has 0 saturated heterocycles. The first-order chi connectivity index (χ1) is 13.9. The van der Waals surface area contributed by atoms with Gasteiger partial charge >= 0.3 is 0 Å². The summed E-state index contributed by atoms with van der Waals surface area (Å²) in [5, 5.41) is 15.3. The van der Waals surface area contributed by atoms with Crippen LogP contribution in [0.1, 0.15) is 24.0 Å². The Bertz CT molecular complexity index is 867. The van der Waals surface area contributed by atoms with E-state index in [1.807, 2.05) is 43.0 Å². The monoisotopic (exact) mass is 435 g/mol. The summed E-state index contributed by atoms with van der Waals surface area (Å²) in [6, 6.07) is 16.3. The maximum absolute atomic E-state index is 8.36. The van der Waals surface area contributed by atoms with Crippen LogP contribution >= 0.6 is 23.2 Å². The first kappa shape index (κ1) is 22.7. The smallest absolute Gasteiger partial charge is 0.291 e. The van der Waals surface area contributed by atoms with Crippen molar-refractivity contribution in [3.63, 3.8) is 0 Å². The zero-order valence-corrected chi connectivity index (χ0v) is 17.3. The van der Waals surface area contributed by atoms with Crippen molar-refractivity contribution in [1.82, 2.24) is 9.55 Å². The molecule has 3 rings (SSSR count). The minimum Gasteiger partial charge on any atom is -0.337 e. The Hall–Kier alpha value is -2.57. The molecule has 1 aromatic heterocycles. The van der Waals surface area contributed by atoms with Gasteiger partial charge in [0.25, 0.3) is 5.09 Å². The fourth-order valence-corrected chi connectivity index (χ4v) is 3.46. The lowest BCUT2D eigenvalue weighted by Crippen LogP contribution is -2.12. The molecular formula is C21H23Cl2N3O3. The van der Waals surface area contributed by atoms with Gasteiger partial charge in [-0.05, 0) is 60.9 Å². The highest BCUT2D eigenvalue weighted by Crippen LogP contribution is 2.23. The van der Waals surface area contributed by atoms with Crippen LogP contribution in [0.3, 0.4) is 0 Å². The summed E-state index contributed by atoms with van der Waals surface area (Å²) < 4.78 is 2.17. The zero-order chi connectivity index (χ0) is 21.1. The van der Waals surface area contributed by atoms with Gasteiger partial charge in [0.05, 0.1) is 6.33 Å². The van der Waals surface area contributed by atoms with Gasteiger partial charge in [0.2, 0.25) is 0 Å². The van der Waals surface area contributed by atoms with Crippen LogP contribution in [0.4, 0.5) is 0 Å². The number of rotatable bonds is 8. The van der Waals surface area contributed by atoms with Crippen LogP contribution in [0, 0.1) is 16.0 Å². The molecule has 8 heteroatoms. The van der Waals surface area contributed by atoms with Crippen LogP contribution in [0.2, 0.25) is 10.0 Å². The van der Waals surface area contributed by atoms with Crippen molar-refractivity contribution in [1.29, 1.82) is 0 Å². The fourth-order valence-electron chi connectivity index (χ4n) is 3.10. The molecule has 0 aliphatic heterocycles. The molecule has 3 aromatic rings. The molecule has 1 N–H and O–H groups in total. The van der Waals surface area contributed by atoms with Gasteiger partial charge < -0.3 is 9.77 Å². The van der Waals surface area contributed by atoms with Crippen molar-refractivity contribution in [3.05, 3.63) is 98.5 Å². The second-order valence-corrected chi connectivity index (χ2v) is 7.50. The summed E-state index contributed by atoms with van der Waals surface area (Å²) in [7, 11) is 0. The number of nitrogens with zero attached hydrogens (tertiary/aromatic N) is 3. The maximum atomic E-state index is 8.36. The Morgan fingerprint density at radius 2 is 1.72 bits per heavy atom. The molecule has 0 aliphatic carbocycles. The van der Waals surface area contributed by atoms with Gasteiger partial charge in [0.15, 0.2) is 0 Å². The van der Waals surface area contributed by atoms with E-state index < -0.39 is 5.09 Å². The largest absolute Gasteiger partial charge is 0.337 e. The predicted molar refractivity (Wildman–Crippen MR) is 114 cm³/mol. The van der Waals surface area contributed by atoms with E-state index in [-0.39, 0.29) is 0 Å². The molecule has 0 saturated carbocycles. The molecule has 0 bridgehead atoms. The molecule has 0 fully saturated rings. The fraction of sp³-hybridized carbons (Fsp3) is 0.286. The molecule has 1 heterocycles. The highest BCUT2D eigenvalue weighted by molar-refractivity contribution is 6.31. The van der Waals surface area contributed by atoms with Gasteiger partial charge in [-0.15, -0.1) is 10.1 Å². The third-order valence-corrected chi connectivity index (χ3v) is 5.18. The van der Waals surface area contributed by atoms with Gasteiger partial charge in [0.1, 0.15) is 0 Å². The lowest BCUT2D eigenvalue weighted by molar-refractivity contribution is -0.742. The van der Waals surface area contributed by atoms with Gasteiger partial charge in [-0.1, -0.05) is 53.5 Å². The summed E-state index contributed by atoms with van der Waals surface area (Å²) >= 11 is 12.3. The maximum Gasteiger partial charge on any atom is 0.291 e. The highest BCUT2D eigenvalue weighted by Gasteiger charge is 2.12. The van der Waals surface area contributed by atoms with E-state index in [4.69, 9.17) is 38.5 Å². The van der Waals surface area contributed by atoms with Crippen LogP contribution in [0.25, 0.3) is 0 Å². The first-order valence-electron chi connectivity index (χ1n) is 9.21. The van der Waals surface area contributed by atoms with E-state index in [1.165, 1.54) is 11.1 Å². The van der Waals surface area contributed by atoms with Crippen molar-refractivity contribution in [2.24, 2.45) is 5.92 Å². The number of halogens is 2. The Morgan fingerprint density at radius 3 is 2.34 bits per heavy atom. The molecule has 0 spiro atoms. The van der Waals surface area contributed by atoms with E-state index in [2.05, 4.69) is 33.8 Å². The summed E-state index contributed by atoms with van der Waals surface area (Å²) in [5.41, 5.74) is 2.56. The number of imidazole rings is 1. The average Bonchev–Trinajstić information content (AvgIpc) is 3.19. The highest BCUT2D eigenvalue weighted by atomic mass is 35.5. The summed E-state index contributed by atoms with van der Waals surface area (Å²) in [6.07, 6.45) is 10.1. The second kappa shape index (κ2) is 12.1. The third-order valence-electron chi connectivity index (χ3n) is 4.56. The Kier molecular flexibility index (Phi) is 9.47. The van der Waals surface area contributed by atoms with Gasteiger partial charge in [0, 0.05) is 29.0 Å². The molecule has 0 amide bonds. The van der Waals surface area contributed by atoms with E-state index in [0.29, 0.717) is 5.92 Å². The average molecular weight is 436 g/mol. The minimum atomic E-state index is -1.50. The van der Waals surface area contributed by atoms with E-state index in [9.17, 15) is 0 Å². The third kappa shape index (κ3) is 8.98. The van der Waals surface area contributed by atoms with Gasteiger partial charge in [-0.3, -0.25) is 0 Å². The van der Waals surface area contributed by atoms with Crippen molar-refractivity contribution in [3.8, 4) is 0 Å². The summed E-state index contributed by atoms with van der Waals surface area (Å²) in [5.74, 6) is 0.571. The molecule has 0 aliphatic rings. The molecule has 0 radical (unpaired) electrons. The van der Waals surface area contributed by atoms with Crippen LogP contribution in [0.15, 0.2) is 67.3 Å². The van der Waals surface area contributed by atoms with E-state index >= 15 is 0 Å². The van der Waals surface area contributed by atoms with Crippen LogP contribution in [-0.4, -0.2) is 19.8 Å². The number of hydrogen-bond donors (Lipinski definition) is 1. The lowest BCUT2D eigenvalue weighted by atomic mass is 9.93. The van der Waals surface area contributed by atoms with Crippen molar-refractivity contribution in [2.45, 2.75) is 32.2 Å². The molecule has 1 atom stereocenters. The second-order valence-electron chi connectivity index (χ2n) is 6.66. The number of aryl methyl sites for hydroxylation is 2. The summed E-state index contributed by atoms with van der Waals surface area (Å²) in [4.78, 5) is 12.5. The van der Waals surface area contributed by atoms with E-state index in [0.717, 1.165) is 42.3 Å². The zero-order valence-electron chi connectivity index (χ0n) is 15.8. The van der Waals surface area contributed by atoms with Crippen LogP contribution < -0.4 is 0 Å². The molecule has 2 aromatic carbocycles. The molecule has 29 heavy (non-hydrogen) atoms. The van der Waals surface area contributed by atoms with Crippen molar-refractivity contribution in [2.75, 3.05) is 0 Å². The molecule has 154 valence electrons. The lowest BCUT2D eigenvalue weighted by Gasteiger charge is -2.18. The molecule has 1 unspecified atom stereocenters. The standard InChI is InChI=1S/C21H22Cl2N2.HNO3/c22-20-11-8-17(9-12-20)5-6-18(15-25-14-13-24-16-25)7-10-19-3-1-2-4-21(19)23;2-1(3)4/h1-4,8-9,11-14,16,18H,5-7,10,15H2;(H,2,3,4). The Morgan fingerprint density at radius 1 is 1.07 bits per heavy atom. The van der Waals surface area contributed by atoms with Crippen LogP contribution in [-0.2, 0) is 19.4 Å². The Balaban J connectivity index is 0.000000687. The summed E-state index contributed by atoms with van der Waals surface area (Å²) in [6.45, 7) is 0.984. The van der Waals surface area contributed by atoms with Gasteiger partial charge in [-0.25, -0.2) is 4.98 Å². The van der Waals surface area contributed by atoms with E-state index in [1.54, 1.807) is 0 Å². The van der Waals surface area contributed by atoms with Crippen molar-refractivity contribution >= 4 is 23.2 Å². The number of benzene rings is 2. The minimum absolute atomic E-state index is 0.571. The quantitative estimate of drug-likeness (QED) is 0.362. The van der Waals surface area contributed by atoms with Crippen LogP contribution in [0.5, 0.6) is 0 Å². The normalized spacial score (nSPS) is 11.4. The van der Waals surface area contributed by atoms with Crippen molar-refractivity contribution < 1.29 is 10.3 Å². The SMILES string of the molecule is Clc1ccc(CCC(CCc2ccccc2Cl)Cn2ccnc2)cc1.O=[N+]([O-])O. The predicted octanol–water partition coefficient (Wildman–Crippen LogP) is 5.72. The topological polar surface area (TPSA) is 81.2 Å². The van der Waals surface area contributed by atoms with Gasteiger partial charge in [-0.2, -0.15) is 0 Å². The molecular weight excluding hydrogens is 413 g/mol. The first-order valence-corrected chi connectivity index (χ1v) is 9.96. The molecule has 6 nitrogen and oxygen atoms in total. The number of aromatic nitrogens is 2.